The Morgan fingerprint density at radius 2 is 1.85 bits per heavy atom. The number of halogens is 1. The van der Waals surface area contributed by atoms with Gasteiger partial charge in [0.05, 0.1) is 5.69 Å². The van der Waals surface area contributed by atoms with E-state index >= 15 is 0 Å². The van der Waals surface area contributed by atoms with Gasteiger partial charge in [0.2, 0.25) is 10.0 Å². The van der Waals surface area contributed by atoms with Crippen molar-refractivity contribution < 1.29 is 22.7 Å². The van der Waals surface area contributed by atoms with Gasteiger partial charge in [-0.1, -0.05) is 0 Å². The van der Waals surface area contributed by atoms with Gasteiger partial charge in [-0.2, -0.15) is 0 Å². The van der Waals surface area contributed by atoms with Crippen molar-refractivity contribution in [1.29, 1.82) is 0 Å². The van der Waals surface area contributed by atoms with Crippen LogP contribution in [0.25, 0.3) is 0 Å². The predicted molar refractivity (Wildman–Crippen MR) is 69.6 cm³/mol. The van der Waals surface area contributed by atoms with Crippen molar-refractivity contribution in [2.75, 3.05) is 31.1 Å². The van der Waals surface area contributed by atoms with Gasteiger partial charge >= 0.3 is 6.09 Å². The number of rotatable bonds is 2. The Morgan fingerprint density at radius 3 is 2.35 bits per heavy atom. The number of sulfonamides is 1. The summed E-state index contributed by atoms with van der Waals surface area (Å²) in [6, 6.07) is 3.35. The Balaban J connectivity index is 2.29. The molecule has 1 aromatic carbocycles. The van der Waals surface area contributed by atoms with E-state index in [1.807, 2.05) is 0 Å². The van der Waals surface area contributed by atoms with E-state index in [1.165, 1.54) is 11.0 Å². The van der Waals surface area contributed by atoms with Crippen LogP contribution in [0.15, 0.2) is 23.1 Å². The van der Waals surface area contributed by atoms with Crippen LogP contribution in [0.5, 0.6) is 0 Å². The van der Waals surface area contributed by atoms with Gasteiger partial charge in [-0.15, -0.1) is 0 Å². The number of nitrogens with zero attached hydrogens (tertiary/aromatic N) is 2. The lowest BCUT2D eigenvalue weighted by atomic mass is 10.2. The molecule has 0 unspecified atom stereocenters. The van der Waals surface area contributed by atoms with Gasteiger partial charge in [-0.25, -0.2) is 22.7 Å². The molecule has 0 bridgehead atoms. The Morgan fingerprint density at radius 1 is 1.25 bits per heavy atom. The minimum atomic E-state index is -4.05. The molecule has 1 aliphatic heterocycles. The maximum absolute atomic E-state index is 13.2. The van der Waals surface area contributed by atoms with Crippen LogP contribution in [-0.2, 0) is 10.0 Å². The molecule has 0 aliphatic carbocycles. The minimum Gasteiger partial charge on any atom is -0.465 e. The summed E-state index contributed by atoms with van der Waals surface area (Å²) in [5.41, 5.74) is 0.291. The van der Waals surface area contributed by atoms with Gasteiger partial charge in [-0.05, 0) is 18.2 Å². The average Bonchev–Trinajstić information content (AvgIpc) is 2.38. The molecule has 2 rings (SSSR count). The van der Waals surface area contributed by atoms with Crippen LogP contribution in [0.4, 0.5) is 14.9 Å². The quantitative estimate of drug-likeness (QED) is 0.816. The molecule has 7 nitrogen and oxygen atoms in total. The number of primary sulfonamides is 1. The molecule has 110 valence electrons. The van der Waals surface area contributed by atoms with Crippen molar-refractivity contribution in [1.82, 2.24) is 4.90 Å². The fourth-order valence-corrected chi connectivity index (χ4v) is 2.88. The summed E-state index contributed by atoms with van der Waals surface area (Å²) in [7, 11) is -4.05. The van der Waals surface area contributed by atoms with Crippen molar-refractivity contribution in [2.24, 2.45) is 5.14 Å². The third kappa shape index (κ3) is 2.99. The molecule has 1 aromatic rings. The summed E-state index contributed by atoms with van der Waals surface area (Å²) in [6.45, 7) is 1.13. The van der Waals surface area contributed by atoms with Crippen LogP contribution >= 0.6 is 0 Å². The molecule has 1 amide bonds. The summed E-state index contributed by atoms with van der Waals surface area (Å²) >= 11 is 0. The van der Waals surface area contributed by atoms with Crippen molar-refractivity contribution >= 4 is 21.8 Å². The van der Waals surface area contributed by atoms with Crippen molar-refractivity contribution in [3.05, 3.63) is 24.0 Å². The molecule has 1 heterocycles. The van der Waals surface area contributed by atoms with E-state index < -0.39 is 21.9 Å². The smallest absolute Gasteiger partial charge is 0.407 e. The maximum atomic E-state index is 13.2. The van der Waals surface area contributed by atoms with E-state index in [9.17, 15) is 17.6 Å². The predicted octanol–water partition coefficient (Wildman–Crippen LogP) is 0.273. The lowest BCUT2D eigenvalue weighted by Gasteiger charge is -2.35. The maximum Gasteiger partial charge on any atom is 0.407 e. The zero-order valence-corrected chi connectivity index (χ0v) is 11.3. The highest BCUT2D eigenvalue weighted by Gasteiger charge is 2.25. The van der Waals surface area contributed by atoms with Crippen LogP contribution in [-0.4, -0.2) is 50.7 Å². The van der Waals surface area contributed by atoms with Crippen molar-refractivity contribution in [2.45, 2.75) is 4.90 Å². The van der Waals surface area contributed by atoms with Gasteiger partial charge in [0.1, 0.15) is 10.7 Å². The number of nitrogens with two attached hydrogens (primary N) is 1. The zero-order valence-electron chi connectivity index (χ0n) is 10.5. The topological polar surface area (TPSA) is 104 Å². The third-order valence-electron chi connectivity index (χ3n) is 3.12. The number of piperazine rings is 1. The first-order chi connectivity index (χ1) is 9.29. The summed E-state index contributed by atoms with van der Waals surface area (Å²) in [5, 5.41) is 13.9. The SMILES string of the molecule is NS(=O)(=O)c1cc(F)ccc1N1CCN(C(=O)O)CC1. The Kier molecular flexibility index (Phi) is 3.82. The van der Waals surface area contributed by atoms with Crippen LogP contribution in [0, 0.1) is 5.82 Å². The molecule has 20 heavy (non-hydrogen) atoms. The highest BCUT2D eigenvalue weighted by Crippen LogP contribution is 2.26. The average molecular weight is 303 g/mol. The fourth-order valence-electron chi connectivity index (χ4n) is 2.12. The zero-order chi connectivity index (χ0) is 14.9. The second kappa shape index (κ2) is 5.25. The monoisotopic (exact) mass is 303 g/mol. The van der Waals surface area contributed by atoms with Crippen LogP contribution in [0.3, 0.4) is 0 Å². The molecule has 3 N–H and O–H groups in total. The molecule has 9 heteroatoms. The van der Waals surface area contributed by atoms with Gasteiger partial charge in [0.25, 0.3) is 0 Å². The first kappa shape index (κ1) is 14.5. The van der Waals surface area contributed by atoms with Crippen molar-refractivity contribution in [3.63, 3.8) is 0 Å². The second-order valence-electron chi connectivity index (χ2n) is 4.41. The first-order valence-corrected chi connectivity index (χ1v) is 7.39. The lowest BCUT2D eigenvalue weighted by molar-refractivity contribution is 0.142. The molecule has 1 saturated heterocycles. The van der Waals surface area contributed by atoms with Crippen LogP contribution < -0.4 is 10.0 Å². The summed E-state index contributed by atoms with van der Waals surface area (Å²) in [6.07, 6.45) is -1.02. The Labute approximate surface area is 115 Å². The number of hydrogen-bond acceptors (Lipinski definition) is 4. The van der Waals surface area contributed by atoms with E-state index in [1.54, 1.807) is 4.90 Å². The second-order valence-corrected chi connectivity index (χ2v) is 5.94. The molecule has 1 fully saturated rings. The van der Waals surface area contributed by atoms with Crippen molar-refractivity contribution in [3.8, 4) is 0 Å². The number of carboxylic acid groups (broad SMARTS) is 1. The normalized spacial score (nSPS) is 16.3. The summed E-state index contributed by atoms with van der Waals surface area (Å²) < 4.78 is 36.2. The number of anilines is 1. The molecule has 0 spiro atoms. The van der Waals surface area contributed by atoms with E-state index in [4.69, 9.17) is 10.2 Å². The minimum absolute atomic E-state index is 0.247. The van der Waals surface area contributed by atoms with Gasteiger partial charge in [0, 0.05) is 26.2 Å². The van der Waals surface area contributed by atoms with E-state index in [-0.39, 0.29) is 18.0 Å². The number of benzene rings is 1. The molecular formula is C11H14FN3O4S. The highest BCUT2D eigenvalue weighted by molar-refractivity contribution is 7.89. The van der Waals surface area contributed by atoms with E-state index in [0.717, 1.165) is 12.1 Å². The summed E-state index contributed by atoms with van der Waals surface area (Å²) in [5.74, 6) is -0.693. The summed E-state index contributed by atoms with van der Waals surface area (Å²) in [4.78, 5) is 13.4. The Hall–Kier alpha value is -1.87. The molecule has 0 saturated carbocycles. The van der Waals surface area contributed by atoms with Gasteiger partial charge in [0.15, 0.2) is 0 Å². The van der Waals surface area contributed by atoms with Gasteiger partial charge < -0.3 is 14.9 Å². The molecule has 0 radical (unpaired) electrons. The number of amides is 1. The van der Waals surface area contributed by atoms with Gasteiger partial charge in [-0.3, -0.25) is 0 Å². The van der Waals surface area contributed by atoms with E-state index in [2.05, 4.69) is 0 Å². The fraction of sp³-hybridized carbons (Fsp3) is 0.364. The Bertz CT molecular complexity index is 627. The highest BCUT2D eigenvalue weighted by atomic mass is 32.2. The third-order valence-corrected chi connectivity index (χ3v) is 4.06. The molecular weight excluding hydrogens is 289 g/mol. The standard InChI is InChI=1S/C11H14FN3O4S/c12-8-1-2-9(10(7-8)20(13,18)19)14-3-5-15(6-4-14)11(16)17/h1-2,7H,3-6H2,(H,16,17)(H2,13,18,19). The molecule has 0 aromatic heterocycles. The van der Waals surface area contributed by atoms with Crippen LogP contribution in [0.2, 0.25) is 0 Å². The molecule has 1 aliphatic rings. The largest absolute Gasteiger partial charge is 0.465 e. The first-order valence-electron chi connectivity index (χ1n) is 5.84. The lowest BCUT2D eigenvalue weighted by Crippen LogP contribution is -2.48. The number of carbonyl (C=O) groups is 1. The van der Waals surface area contributed by atoms with Crippen LogP contribution in [0.1, 0.15) is 0 Å². The molecule has 0 atom stereocenters. The van der Waals surface area contributed by atoms with E-state index in [0.29, 0.717) is 18.8 Å². The number of hydrogen-bond donors (Lipinski definition) is 2.